The second kappa shape index (κ2) is 8.61. The Kier molecular flexibility index (Phi) is 5.66. The van der Waals surface area contributed by atoms with Crippen LogP contribution in [0.25, 0.3) is 20.9 Å². The first-order valence-corrected chi connectivity index (χ1v) is 12.5. The Morgan fingerprint density at radius 2 is 2.06 bits per heavy atom. The van der Waals surface area contributed by atoms with E-state index in [4.69, 9.17) is 9.51 Å². The Balaban J connectivity index is 1.54. The van der Waals surface area contributed by atoms with Crippen molar-refractivity contribution in [2.75, 3.05) is 0 Å². The van der Waals surface area contributed by atoms with E-state index in [1.165, 1.54) is 11.8 Å². The molecule has 0 amide bonds. The number of fused-ring (bicyclic) bond motifs is 1. The van der Waals surface area contributed by atoms with Gasteiger partial charge in [-0.25, -0.2) is 4.98 Å². The third kappa shape index (κ3) is 3.89. The van der Waals surface area contributed by atoms with Gasteiger partial charge in [0.15, 0.2) is 5.16 Å². The number of thiophene rings is 2. The molecule has 5 heterocycles. The zero-order valence-corrected chi connectivity index (χ0v) is 20.1. The number of aromatic nitrogens is 5. The maximum Gasteiger partial charge on any atom is 0.263 e. The van der Waals surface area contributed by atoms with Crippen molar-refractivity contribution in [1.29, 1.82) is 0 Å². The molecule has 0 bridgehead atoms. The van der Waals surface area contributed by atoms with Gasteiger partial charge in [0.25, 0.3) is 5.56 Å². The molecule has 5 aromatic rings. The van der Waals surface area contributed by atoms with Gasteiger partial charge in [-0.2, -0.15) is 4.98 Å². The highest BCUT2D eigenvalue weighted by Gasteiger charge is 2.22. The molecule has 0 fully saturated rings. The standard InChI is InChI=1S/C22H19N5O2S3/c1-12-13(2)31-20-17(12)21(28)27(11-15-7-4-5-9-23-15)22(25-20)32-14(3)19-24-18(26-29-19)16-8-6-10-30-16/h4-10,14H,11H2,1-3H3. The summed E-state index contributed by atoms with van der Waals surface area (Å²) in [5, 5.41) is 7.19. The lowest BCUT2D eigenvalue weighted by Crippen LogP contribution is -2.24. The molecule has 5 aromatic heterocycles. The highest BCUT2D eigenvalue weighted by atomic mass is 32.2. The minimum absolute atomic E-state index is 0.0537. The second-order valence-electron chi connectivity index (χ2n) is 7.26. The molecule has 5 rings (SSSR count). The van der Waals surface area contributed by atoms with Gasteiger partial charge in [-0.05, 0) is 49.9 Å². The van der Waals surface area contributed by atoms with Crippen molar-refractivity contribution in [2.24, 2.45) is 0 Å². The molecule has 0 saturated carbocycles. The number of aryl methyl sites for hydroxylation is 2. The highest BCUT2D eigenvalue weighted by Crippen LogP contribution is 2.36. The molecule has 0 saturated heterocycles. The van der Waals surface area contributed by atoms with Crippen LogP contribution in [0.5, 0.6) is 0 Å². The highest BCUT2D eigenvalue weighted by molar-refractivity contribution is 7.99. The SMILES string of the molecule is Cc1sc2nc(SC(C)c3nc(-c4cccs4)no3)n(Cc3ccccn3)c(=O)c2c1C. The van der Waals surface area contributed by atoms with Gasteiger partial charge in [0.2, 0.25) is 11.7 Å². The number of nitrogens with zero attached hydrogens (tertiary/aromatic N) is 5. The van der Waals surface area contributed by atoms with Crippen LogP contribution in [0.1, 0.15) is 34.2 Å². The van der Waals surface area contributed by atoms with Crippen LogP contribution in [-0.2, 0) is 6.54 Å². The third-order valence-corrected chi connectivity index (χ3v) is 8.16. The van der Waals surface area contributed by atoms with Crippen molar-refractivity contribution in [3.63, 3.8) is 0 Å². The molecule has 162 valence electrons. The van der Waals surface area contributed by atoms with Gasteiger partial charge in [0.1, 0.15) is 4.83 Å². The Morgan fingerprint density at radius 1 is 1.19 bits per heavy atom. The molecular formula is C22H19N5O2S3. The topological polar surface area (TPSA) is 86.7 Å². The lowest BCUT2D eigenvalue weighted by Gasteiger charge is -2.13. The van der Waals surface area contributed by atoms with Crippen LogP contribution in [-0.4, -0.2) is 24.7 Å². The fraction of sp³-hybridized carbons (Fsp3) is 0.227. The number of thioether (sulfide) groups is 1. The first-order valence-electron chi connectivity index (χ1n) is 9.96. The summed E-state index contributed by atoms with van der Waals surface area (Å²) >= 11 is 4.54. The Bertz CT molecular complexity index is 1440. The van der Waals surface area contributed by atoms with Crippen molar-refractivity contribution >= 4 is 44.7 Å². The van der Waals surface area contributed by atoms with Gasteiger partial charge in [-0.1, -0.05) is 29.1 Å². The van der Waals surface area contributed by atoms with Crippen LogP contribution >= 0.6 is 34.4 Å². The van der Waals surface area contributed by atoms with Crippen LogP contribution in [0.4, 0.5) is 0 Å². The second-order valence-corrected chi connectivity index (χ2v) is 10.7. The van der Waals surface area contributed by atoms with E-state index in [9.17, 15) is 4.79 Å². The smallest absolute Gasteiger partial charge is 0.263 e. The molecule has 0 N–H and O–H groups in total. The van der Waals surface area contributed by atoms with Crippen LogP contribution in [0.3, 0.4) is 0 Å². The first kappa shape index (κ1) is 21.0. The summed E-state index contributed by atoms with van der Waals surface area (Å²) in [6.07, 6.45) is 1.73. The van der Waals surface area contributed by atoms with E-state index in [0.29, 0.717) is 28.8 Å². The minimum Gasteiger partial charge on any atom is -0.338 e. The zero-order chi connectivity index (χ0) is 22.2. The molecule has 0 aliphatic heterocycles. The largest absolute Gasteiger partial charge is 0.338 e. The summed E-state index contributed by atoms with van der Waals surface area (Å²) in [6, 6.07) is 9.59. The van der Waals surface area contributed by atoms with Crippen molar-refractivity contribution < 1.29 is 4.52 Å². The summed E-state index contributed by atoms with van der Waals surface area (Å²) in [6.45, 7) is 6.31. The Hall–Kier alpha value is -2.82. The summed E-state index contributed by atoms with van der Waals surface area (Å²) < 4.78 is 7.22. The minimum atomic E-state index is -0.183. The number of hydrogen-bond donors (Lipinski definition) is 0. The van der Waals surface area contributed by atoms with Gasteiger partial charge < -0.3 is 4.52 Å². The maximum absolute atomic E-state index is 13.5. The van der Waals surface area contributed by atoms with E-state index < -0.39 is 0 Å². The van der Waals surface area contributed by atoms with E-state index in [1.54, 1.807) is 33.4 Å². The van der Waals surface area contributed by atoms with Crippen LogP contribution < -0.4 is 5.56 Å². The maximum atomic E-state index is 13.5. The van der Waals surface area contributed by atoms with Gasteiger partial charge in [-0.3, -0.25) is 14.3 Å². The average Bonchev–Trinajstić information content (AvgIpc) is 3.53. The fourth-order valence-electron chi connectivity index (χ4n) is 3.31. The molecule has 32 heavy (non-hydrogen) atoms. The lowest BCUT2D eigenvalue weighted by molar-refractivity contribution is 0.380. The Labute approximate surface area is 196 Å². The normalized spacial score (nSPS) is 12.5. The van der Waals surface area contributed by atoms with Crippen molar-refractivity contribution in [3.05, 3.63) is 74.3 Å². The van der Waals surface area contributed by atoms with Crippen LogP contribution in [0, 0.1) is 13.8 Å². The fourth-order valence-corrected chi connectivity index (χ4v) is 5.96. The van der Waals surface area contributed by atoms with E-state index >= 15 is 0 Å². The summed E-state index contributed by atoms with van der Waals surface area (Å²) in [7, 11) is 0. The van der Waals surface area contributed by atoms with Crippen LogP contribution in [0.2, 0.25) is 0 Å². The monoisotopic (exact) mass is 481 g/mol. The molecule has 7 nitrogen and oxygen atoms in total. The van der Waals surface area contributed by atoms with Gasteiger partial charge in [0.05, 0.1) is 27.8 Å². The molecule has 10 heteroatoms. The molecule has 0 aliphatic rings. The molecule has 0 radical (unpaired) electrons. The van der Waals surface area contributed by atoms with E-state index in [2.05, 4.69) is 15.1 Å². The van der Waals surface area contributed by atoms with Crippen molar-refractivity contribution in [2.45, 2.75) is 37.7 Å². The molecular weight excluding hydrogens is 462 g/mol. The average molecular weight is 482 g/mol. The van der Waals surface area contributed by atoms with Gasteiger partial charge >= 0.3 is 0 Å². The Morgan fingerprint density at radius 3 is 2.81 bits per heavy atom. The zero-order valence-electron chi connectivity index (χ0n) is 17.6. The van der Waals surface area contributed by atoms with Crippen molar-refractivity contribution in [3.8, 4) is 10.7 Å². The molecule has 0 aromatic carbocycles. The number of pyridine rings is 1. The molecule has 0 spiro atoms. The first-order chi connectivity index (χ1) is 15.5. The van der Waals surface area contributed by atoms with E-state index in [0.717, 1.165) is 25.8 Å². The number of rotatable bonds is 6. The predicted molar refractivity (Wildman–Crippen MR) is 129 cm³/mol. The van der Waals surface area contributed by atoms with E-state index in [-0.39, 0.29) is 10.8 Å². The summed E-state index contributed by atoms with van der Waals surface area (Å²) in [5.41, 5.74) is 1.73. The number of hydrogen-bond acceptors (Lipinski definition) is 9. The van der Waals surface area contributed by atoms with Gasteiger partial charge in [-0.15, -0.1) is 22.7 Å². The van der Waals surface area contributed by atoms with Gasteiger partial charge in [0, 0.05) is 11.1 Å². The lowest BCUT2D eigenvalue weighted by atomic mass is 10.2. The van der Waals surface area contributed by atoms with Crippen molar-refractivity contribution in [1.82, 2.24) is 24.7 Å². The third-order valence-electron chi connectivity index (χ3n) is 5.11. The summed E-state index contributed by atoms with van der Waals surface area (Å²) in [4.78, 5) is 30.1. The predicted octanol–water partition coefficient (Wildman–Crippen LogP) is 5.48. The molecule has 1 unspecified atom stereocenters. The van der Waals surface area contributed by atoms with E-state index in [1.807, 2.05) is 56.5 Å². The molecule has 0 aliphatic carbocycles. The molecule has 1 atom stereocenters. The van der Waals surface area contributed by atoms with Crippen LogP contribution in [0.15, 0.2) is 56.4 Å². The summed E-state index contributed by atoms with van der Waals surface area (Å²) in [5.74, 6) is 1.07. The quantitative estimate of drug-likeness (QED) is 0.234.